The Morgan fingerprint density at radius 2 is 0.674 bits per heavy atom. The van der Waals surface area contributed by atoms with Crippen LogP contribution in [0, 0.1) is 20.9 Å². The second kappa shape index (κ2) is 10.8. The molecule has 0 bridgehead atoms. The summed E-state index contributed by atoms with van der Waals surface area (Å²) in [5.41, 5.74) is -1.55. The van der Waals surface area contributed by atoms with Gasteiger partial charge in [-0.3, -0.25) is 0 Å². The number of para-hydroxylation sites is 4. The fourth-order valence-corrected chi connectivity index (χ4v) is 5.43. The molecule has 2 heteroatoms. The van der Waals surface area contributed by atoms with Crippen molar-refractivity contribution in [2.45, 2.75) is 0 Å². The Labute approximate surface area is 295 Å². The number of fused-ring (bicyclic) bond motifs is 4. The van der Waals surface area contributed by atoms with Gasteiger partial charge in [0.1, 0.15) is 0 Å². The summed E-state index contributed by atoms with van der Waals surface area (Å²) in [6.07, 6.45) is 0. The lowest BCUT2D eigenvalue weighted by atomic mass is 9.94. The SMILES string of the molecule is [2H]c1c([2H])c([2H])c(N(c2ccccc2)c2c([2H])c([2H])c3c([2H])c4c(c([2H])c3c2[2H])=c2c([2H])c3c([2H])c(N(c5ccccc5)c5c([2H])c([2H])c([2H])c([2H])c5[2H])c([2H])c([2H])c3c([2H])c2=4)c([2H])c1[2H]. The lowest BCUT2D eigenvalue weighted by Gasteiger charge is -2.26. The maximum Gasteiger partial charge on any atom is 0.0651 e. The molecule has 8 aromatic carbocycles. The van der Waals surface area contributed by atoms with Crippen LogP contribution in [0.25, 0.3) is 21.5 Å². The molecule has 1 aliphatic rings. The van der Waals surface area contributed by atoms with Crippen molar-refractivity contribution in [3.05, 3.63) is 202 Å². The van der Waals surface area contributed by atoms with E-state index in [9.17, 15) is 13.7 Å². The Balaban J connectivity index is 1.42. The number of nitrogens with zero attached hydrogens (tertiary/aromatic N) is 2. The van der Waals surface area contributed by atoms with Crippen molar-refractivity contribution in [3.63, 3.8) is 0 Å². The Kier molecular flexibility index (Phi) is 3.07. The molecule has 0 unspecified atom stereocenters. The first-order chi connectivity index (χ1) is 31.2. The van der Waals surface area contributed by atoms with Gasteiger partial charge in [0.25, 0.3) is 0 Å². The van der Waals surface area contributed by atoms with Crippen LogP contribution in [0.3, 0.4) is 0 Å². The topological polar surface area (TPSA) is 6.48 Å². The zero-order chi connectivity index (χ0) is 47.9. The quantitative estimate of drug-likeness (QED) is 0.186. The van der Waals surface area contributed by atoms with E-state index in [0.29, 0.717) is 0 Å². The molecule has 0 heterocycles. The van der Waals surface area contributed by atoms with Crippen LogP contribution >= 0.6 is 0 Å². The van der Waals surface area contributed by atoms with Gasteiger partial charge in [0.05, 0.1) is 27.4 Å². The second-order valence-electron chi connectivity index (χ2n) is 10.2. The predicted octanol–water partition coefficient (Wildman–Crippen LogP) is 11.8. The summed E-state index contributed by atoms with van der Waals surface area (Å²) in [4.78, 5) is 2.14. The van der Waals surface area contributed by atoms with E-state index in [1.54, 1.807) is 36.4 Å². The first-order valence-electron chi connectivity index (χ1n) is 24.2. The Morgan fingerprint density at radius 3 is 1.07 bits per heavy atom. The third-order valence-electron chi connectivity index (χ3n) is 7.50. The zero-order valence-electron chi connectivity index (χ0n) is 43.7. The number of hydrogen-bond acceptors (Lipinski definition) is 2. The van der Waals surface area contributed by atoms with Crippen molar-refractivity contribution in [1.29, 1.82) is 0 Å². The van der Waals surface area contributed by atoms with Gasteiger partial charge in [-0.2, -0.15) is 0 Å². The smallest absolute Gasteiger partial charge is 0.0651 e. The largest absolute Gasteiger partial charge is 0.310 e. The van der Waals surface area contributed by atoms with Crippen LogP contribution in [-0.2, 0) is 0 Å². The third kappa shape index (κ3) is 4.43. The number of rotatable bonds is 6. The van der Waals surface area contributed by atoms with E-state index < -0.39 is 144 Å². The van der Waals surface area contributed by atoms with Crippen LogP contribution in [0.4, 0.5) is 34.1 Å². The lowest BCUT2D eigenvalue weighted by Crippen LogP contribution is -2.09. The summed E-state index contributed by atoms with van der Waals surface area (Å²) < 4.78 is 179. The van der Waals surface area contributed by atoms with E-state index in [1.165, 1.54) is 24.3 Å². The lowest BCUT2D eigenvalue weighted by molar-refractivity contribution is 1.28. The van der Waals surface area contributed by atoms with E-state index in [-0.39, 0.29) is 53.8 Å². The number of anilines is 6. The highest BCUT2D eigenvalue weighted by Crippen LogP contribution is 2.38. The molecule has 1 aliphatic carbocycles. The molecular weight excluding hydrogens is 556 g/mol. The molecule has 0 aliphatic heterocycles. The fourth-order valence-electron chi connectivity index (χ4n) is 5.43. The molecule has 0 spiro atoms. The Hall–Kier alpha value is -6.12. The average Bonchev–Trinajstić information content (AvgIpc) is 3.29. The van der Waals surface area contributed by atoms with Crippen LogP contribution in [0.5, 0.6) is 0 Å². The van der Waals surface area contributed by atoms with Gasteiger partial charge in [-0.15, -0.1) is 0 Å². The molecule has 0 saturated heterocycles. The van der Waals surface area contributed by atoms with E-state index in [0.717, 1.165) is 9.80 Å². The Bertz CT molecular complexity index is 3420. The molecule has 0 N–H and O–H groups in total. The monoisotopic (exact) mass is 606 g/mol. The maximum absolute atomic E-state index is 9.60. The molecule has 8 aromatic rings. The summed E-state index contributed by atoms with van der Waals surface area (Å²) >= 11 is 0. The molecule has 0 amide bonds. The third-order valence-corrected chi connectivity index (χ3v) is 7.50. The minimum Gasteiger partial charge on any atom is -0.310 e. The standard InChI is InChI=1S/C44H30N2/c1-5-13-35(14-6-1)45(36-15-7-2-8-16-36)39-23-21-31-27-41-42-28-32-22-24-40(26-34(32)30-44(42)43(41)29-33(31)25-39)46(37-17-9-3-10-18-37)38-19-11-4-12-20-38/h1-30H/i1D,3D,5D,6D,9D,10D,13D,14D,17D,18D,21D,22D,23D,24D,25D,26D,27D,28D,29D,30D. The van der Waals surface area contributed by atoms with Crippen molar-refractivity contribution < 1.29 is 27.4 Å². The van der Waals surface area contributed by atoms with Crippen LogP contribution in [-0.4, -0.2) is 0 Å². The molecule has 0 saturated carbocycles. The summed E-state index contributed by atoms with van der Waals surface area (Å²) in [5, 5.41) is -1.95. The van der Waals surface area contributed by atoms with Crippen molar-refractivity contribution in [3.8, 4) is 0 Å². The fraction of sp³-hybridized carbons (Fsp3) is 0. The second-order valence-corrected chi connectivity index (χ2v) is 10.2. The molecule has 46 heavy (non-hydrogen) atoms. The highest BCUT2D eigenvalue weighted by molar-refractivity contribution is 5.92. The summed E-state index contributed by atoms with van der Waals surface area (Å²) in [7, 11) is 0. The molecule has 216 valence electrons. The minimum absolute atomic E-state index is 0.111. The normalized spacial score (nSPS) is 17.6. The van der Waals surface area contributed by atoms with Gasteiger partial charge in [-0.25, -0.2) is 0 Å². The molecule has 0 fully saturated rings. The molecule has 0 atom stereocenters. The van der Waals surface area contributed by atoms with Crippen molar-refractivity contribution >= 4 is 55.7 Å². The maximum atomic E-state index is 9.60. The molecular formula is C44H30N2. The van der Waals surface area contributed by atoms with E-state index >= 15 is 0 Å². The van der Waals surface area contributed by atoms with E-state index in [1.807, 2.05) is 0 Å². The van der Waals surface area contributed by atoms with Crippen LogP contribution in [0.2, 0.25) is 0 Å². The van der Waals surface area contributed by atoms with Gasteiger partial charge in [0.15, 0.2) is 0 Å². The van der Waals surface area contributed by atoms with Gasteiger partial charge in [0.2, 0.25) is 0 Å². The molecule has 9 rings (SSSR count). The van der Waals surface area contributed by atoms with Gasteiger partial charge in [-0.1, -0.05) is 84.7 Å². The summed E-state index contributed by atoms with van der Waals surface area (Å²) in [6.45, 7) is 0. The highest BCUT2D eigenvalue weighted by Gasteiger charge is 2.15. The van der Waals surface area contributed by atoms with E-state index in [2.05, 4.69) is 0 Å². The van der Waals surface area contributed by atoms with Crippen molar-refractivity contribution in [1.82, 2.24) is 0 Å². The molecule has 2 nitrogen and oxygen atoms in total. The van der Waals surface area contributed by atoms with Gasteiger partial charge in [-0.05, 0) is 139 Å². The van der Waals surface area contributed by atoms with Gasteiger partial charge in [0, 0.05) is 34.1 Å². The highest BCUT2D eigenvalue weighted by atomic mass is 15.1. The van der Waals surface area contributed by atoms with Crippen molar-refractivity contribution in [2.24, 2.45) is 0 Å². The predicted molar refractivity (Wildman–Crippen MR) is 193 cm³/mol. The molecule has 0 aromatic heterocycles. The summed E-state index contributed by atoms with van der Waals surface area (Å²) in [5.74, 6) is 0. The van der Waals surface area contributed by atoms with Gasteiger partial charge >= 0.3 is 0 Å². The first kappa shape index (κ1) is 13.1. The van der Waals surface area contributed by atoms with Gasteiger partial charge < -0.3 is 9.80 Å². The zero-order valence-corrected chi connectivity index (χ0v) is 23.7. The first-order valence-corrected chi connectivity index (χ1v) is 14.2. The van der Waals surface area contributed by atoms with Crippen molar-refractivity contribution in [2.75, 3.05) is 9.80 Å². The number of hydrogen-bond donors (Lipinski definition) is 0. The number of benzene rings is 8. The van der Waals surface area contributed by atoms with E-state index in [4.69, 9.17) is 13.7 Å². The van der Waals surface area contributed by atoms with Crippen LogP contribution < -0.4 is 9.80 Å². The minimum atomic E-state index is -0.712. The average molecular weight is 607 g/mol. The van der Waals surface area contributed by atoms with Crippen LogP contribution in [0.15, 0.2) is 182 Å². The van der Waals surface area contributed by atoms with Crippen LogP contribution in [0.1, 0.15) is 27.4 Å². The summed E-state index contributed by atoms with van der Waals surface area (Å²) in [6, 6.07) is 2.56. The molecule has 0 radical (unpaired) electrons. The Morgan fingerprint density at radius 1 is 0.304 bits per heavy atom.